The van der Waals surface area contributed by atoms with Gasteiger partial charge in [0.2, 0.25) is 0 Å². The summed E-state index contributed by atoms with van der Waals surface area (Å²) < 4.78 is 20.8. The van der Waals surface area contributed by atoms with Gasteiger partial charge in [-0.15, -0.1) is 0 Å². The molecule has 2 atom stereocenters. The smallest absolute Gasteiger partial charge is 0.306 e. The van der Waals surface area contributed by atoms with Crippen LogP contribution >= 0.6 is 0 Å². The molecule has 21 heavy (non-hydrogen) atoms. The first kappa shape index (κ1) is 15.6. The maximum absolute atomic E-state index is 11.1. The number of carboxylic acids is 1. The highest BCUT2D eigenvalue weighted by molar-refractivity contribution is 5.70. The molecule has 1 aromatic rings. The largest absolute Gasteiger partial charge is 0.493 e. The number of aliphatic carboxylic acids is 1. The molecule has 2 rings (SSSR count). The Labute approximate surface area is 122 Å². The molecule has 7 nitrogen and oxygen atoms in total. The minimum absolute atomic E-state index is 0.00451. The van der Waals surface area contributed by atoms with E-state index in [1.807, 2.05) is 0 Å². The average molecular weight is 298 g/mol. The lowest BCUT2D eigenvalue weighted by molar-refractivity contribution is -0.151. The Hall–Kier alpha value is -1.83. The van der Waals surface area contributed by atoms with Crippen LogP contribution in [0.15, 0.2) is 18.2 Å². The van der Waals surface area contributed by atoms with E-state index >= 15 is 0 Å². The van der Waals surface area contributed by atoms with E-state index in [1.54, 1.807) is 18.2 Å². The molecule has 0 aliphatic carbocycles. The van der Waals surface area contributed by atoms with E-state index in [0.29, 0.717) is 17.1 Å². The van der Waals surface area contributed by atoms with Gasteiger partial charge in [-0.2, -0.15) is 0 Å². The Kier molecular flexibility index (Phi) is 4.66. The fourth-order valence-corrected chi connectivity index (χ4v) is 2.40. The average Bonchev–Trinajstić information content (AvgIpc) is 2.71. The number of carbonyl (C=O) groups is 1. The number of aliphatic hydroxyl groups is 1. The summed E-state index contributed by atoms with van der Waals surface area (Å²) in [5, 5.41) is 19.9. The van der Waals surface area contributed by atoms with Crippen LogP contribution in [0.25, 0.3) is 0 Å². The molecular formula is C14H18O7. The molecule has 0 saturated carbocycles. The monoisotopic (exact) mass is 298 g/mol. The molecule has 1 heterocycles. The van der Waals surface area contributed by atoms with Crippen molar-refractivity contribution in [3.63, 3.8) is 0 Å². The fourth-order valence-electron chi connectivity index (χ4n) is 2.40. The zero-order valence-corrected chi connectivity index (χ0v) is 11.9. The molecular weight excluding hydrogens is 280 g/mol. The molecule has 1 aliphatic heterocycles. The molecule has 0 radical (unpaired) electrons. The maximum atomic E-state index is 11.1. The summed E-state index contributed by atoms with van der Waals surface area (Å²) in [6.07, 6.45) is -1.34. The van der Waals surface area contributed by atoms with Gasteiger partial charge in [0.25, 0.3) is 0 Å². The number of ether oxygens (including phenoxy) is 4. The third kappa shape index (κ3) is 2.94. The standard InChI is InChI=1S/C14H18O7/c1-18-8-20-7-11-14(17,6-12(15)16)9-4-3-5-10(19-2)13(9)21-11/h3-5,11,17H,6-8H2,1-2H3,(H,15,16). The van der Waals surface area contributed by atoms with Crippen molar-refractivity contribution in [1.82, 2.24) is 0 Å². The predicted molar refractivity (Wildman–Crippen MR) is 71.4 cm³/mol. The molecule has 0 fully saturated rings. The summed E-state index contributed by atoms with van der Waals surface area (Å²) in [7, 11) is 2.95. The van der Waals surface area contributed by atoms with Crippen molar-refractivity contribution in [2.24, 2.45) is 0 Å². The first-order chi connectivity index (χ1) is 10.0. The van der Waals surface area contributed by atoms with Gasteiger partial charge in [-0.1, -0.05) is 12.1 Å². The molecule has 0 bridgehead atoms. The quantitative estimate of drug-likeness (QED) is 0.566. The summed E-state index contributed by atoms with van der Waals surface area (Å²) in [6.45, 7) is 0.0198. The fraction of sp³-hybridized carbons (Fsp3) is 0.500. The van der Waals surface area contributed by atoms with Crippen molar-refractivity contribution >= 4 is 5.97 Å². The second-order valence-electron chi connectivity index (χ2n) is 4.72. The molecule has 1 aliphatic rings. The Morgan fingerprint density at radius 3 is 2.81 bits per heavy atom. The van der Waals surface area contributed by atoms with Crippen LogP contribution in [0.1, 0.15) is 12.0 Å². The number of hydrogen-bond donors (Lipinski definition) is 2. The topological polar surface area (TPSA) is 94.5 Å². The third-order valence-electron chi connectivity index (χ3n) is 3.35. The van der Waals surface area contributed by atoms with Crippen LogP contribution in [0.4, 0.5) is 0 Å². The summed E-state index contributed by atoms with van der Waals surface area (Å²) in [4.78, 5) is 11.1. The van der Waals surface area contributed by atoms with Crippen molar-refractivity contribution in [3.8, 4) is 11.5 Å². The lowest BCUT2D eigenvalue weighted by Crippen LogP contribution is -2.43. The number of hydrogen-bond acceptors (Lipinski definition) is 6. The van der Waals surface area contributed by atoms with Gasteiger partial charge in [-0.25, -0.2) is 0 Å². The van der Waals surface area contributed by atoms with E-state index < -0.39 is 24.1 Å². The van der Waals surface area contributed by atoms with E-state index in [0.717, 1.165) is 0 Å². The van der Waals surface area contributed by atoms with Crippen molar-refractivity contribution in [2.45, 2.75) is 18.1 Å². The molecule has 0 amide bonds. The summed E-state index contributed by atoms with van der Waals surface area (Å²) in [5.41, 5.74) is -1.29. The van der Waals surface area contributed by atoms with Gasteiger partial charge in [0.1, 0.15) is 12.4 Å². The van der Waals surface area contributed by atoms with E-state index in [-0.39, 0.29) is 13.4 Å². The lowest BCUT2D eigenvalue weighted by atomic mass is 9.87. The first-order valence-electron chi connectivity index (χ1n) is 6.38. The summed E-state index contributed by atoms with van der Waals surface area (Å²) >= 11 is 0. The number of methoxy groups -OCH3 is 2. The normalized spacial score (nSPS) is 23.5. The van der Waals surface area contributed by atoms with E-state index in [9.17, 15) is 9.90 Å². The highest BCUT2D eigenvalue weighted by Gasteiger charge is 2.50. The van der Waals surface area contributed by atoms with Gasteiger partial charge in [-0.05, 0) is 6.07 Å². The Bertz CT molecular complexity index is 516. The number of fused-ring (bicyclic) bond motifs is 1. The van der Waals surface area contributed by atoms with Gasteiger partial charge >= 0.3 is 5.97 Å². The van der Waals surface area contributed by atoms with Crippen molar-refractivity contribution in [2.75, 3.05) is 27.6 Å². The molecule has 1 aromatic carbocycles. The lowest BCUT2D eigenvalue weighted by Gasteiger charge is -2.27. The number of para-hydroxylation sites is 1. The Morgan fingerprint density at radius 2 is 2.19 bits per heavy atom. The van der Waals surface area contributed by atoms with Gasteiger partial charge in [0, 0.05) is 12.7 Å². The highest BCUT2D eigenvalue weighted by atomic mass is 16.7. The SMILES string of the molecule is COCOCC1Oc2c(OC)cccc2C1(O)CC(=O)O. The minimum Gasteiger partial charge on any atom is -0.493 e. The van der Waals surface area contributed by atoms with Gasteiger partial charge in [-0.3, -0.25) is 4.79 Å². The number of carboxylic acid groups (broad SMARTS) is 1. The molecule has 2 N–H and O–H groups in total. The predicted octanol–water partition coefficient (Wildman–Crippen LogP) is 0.739. The number of rotatable bonds is 7. The Balaban J connectivity index is 2.33. The maximum Gasteiger partial charge on any atom is 0.306 e. The van der Waals surface area contributed by atoms with Crippen LogP contribution < -0.4 is 9.47 Å². The van der Waals surface area contributed by atoms with Crippen molar-refractivity contribution in [1.29, 1.82) is 0 Å². The minimum atomic E-state index is -1.68. The first-order valence-corrected chi connectivity index (χ1v) is 6.38. The summed E-state index contributed by atoms with van der Waals surface area (Å²) in [6, 6.07) is 4.97. The van der Waals surface area contributed by atoms with Crippen molar-refractivity contribution in [3.05, 3.63) is 23.8 Å². The third-order valence-corrected chi connectivity index (χ3v) is 3.35. The van der Waals surface area contributed by atoms with Gasteiger partial charge < -0.3 is 29.2 Å². The van der Waals surface area contributed by atoms with Gasteiger partial charge in [0.05, 0.1) is 20.1 Å². The van der Waals surface area contributed by atoms with Gasteiger partial charge in [0.15, 0.2) is 17.6 Å². The molecule has 0 saturated heterocycles. The van der Waals surface area contributed by atoms with Crippen LogP contribution in [-0.4, -0.2) is 49.9 Å². The molecule has 116 valence electrons. The van der Waals surface area contributed by atoms with E-state index in [4.69, 9.17) is 24.1 Å². The van der Waals surface area contributed by atoms with Crippen LogP contribution in [0, 0.1) is 0 Å². The van der Waals surface area contributed by atoms with E-state index in [2.05, 4.69) is 0 Å². The van der Waals surface area contributed by atoms with Crippen LogP contribution in [0.5, 0.6) is 11.5 Å². The van der Waals surface area contributed by atoms with Crippen LogP contribution in [0.2, 0.25) is 0 Å². The number of benzene rings is 1. The zero-order valence-electron chi connectivity index (χ0n) is 11.9. The molecule has 0 spiro atoms. The highest BCUT2D eigenvalue weighted by Crippen LogP contribution is 2.48. The zero-order chi connectivity index (χ0) is 15.5. The summed E-state index contributed by atoms with van der Waals surface area (Å²) in [5.74, 6) is -0.353. The van der Waals surface area contributed by atoms with Crippen LogP contribution in [0.3, 0.4) is 0 Å². The van der Waals surface area contributed by atoms with Crippen molar-refractivity contribution < 1.29 is 34.0 Å². The second-order valence-corrected chi connectivity index (χ2v) is 4.72. The second kappa shape index (κ2) is 6.30. The van der Waals surface area contributed by atoms with Crippen LogP contribution in [-0.2, 0) is 19.9 Å². The molecule has 7 heteroatoms. The van der Waals surface area contributed by atoms with E-state index in [1.165, 1.54) is 14.2 Å². The molecule has 2 unspecified atom stereocenters. The molecule has 0 aromatic heterocycles. The Morgan fingerprint density at radius 1 is 1.43 bits per heavy atom.